The van der Waals surface area contributed by atoms with Gasteiger partial charge in [0, 0.05) is 25.1 Å². The van der Waals surface area contributed by atoms with Gasteiger partial charge in [-0.15, -0.1) is 0 Å². The van der Waals surface area contributed by atoms with Gasteiger partial charge in [-0.25, -0.2) is 9.67 Å². The number of ether oxygens (including phenoxy) is 1. The van der Waals surface area contributed by atoms with E-state index in [1.54, 1.807) is 6.33 Å². The SMILES string of the molecule is CC1CCOC1C(N)Cc1ncnn1C(C)C. The first-order valence-corrected chi connectivity index (χ1v) is 6.35. The average Bonchev–Trinajstić information content (AvgIpc) is 2.86. The first-order chi connectivity index (χ1) is 8.09. The smallest absolute Gasteiger partial charge is 0.138 e. The van der Waals surface area contributed by atoms with Gasteiger partial charge in [-0.1, -0.05) is 6.92 Å². The van der Waals surface area contributed by atoms with Crippen LogP contribution in [0.5, 0.6) is 0 Å². The summed E-state index contributed by atoms with van der Waals surface area (Å²) < 4.78 is 7.62. The van der Waals surface area contributed by atoms with Crippen molar-refractivity contribution >= 4 is 0 Å². The summed E-state index contributed by atoms with van der Waals surface area (Å²) in [4.78, 5) is 4.29. The number of hydrogen-bond acceptors (Lipinski definition) is 4. The third kappa shape index (κ3) is 2.66. The predicted molar refractivity (Wildman–Crippen MR) is 65.6 cm³/mol. The van der Waals surface area contributed by atoms with Gasteiger partial charge in [0.25, 0.3) is 0 Å². The second kappa shape index (κ2) is 5.14. The molecule has 2 N–H and O–H groups in total. The van der Waals surface area contributed by atoms with Crippen LogP contribution in [-0.4, -0.2) is 33.5 Å². The summed E-state index contributed by atoms with van der Waals surface area (Å²) in [5.74, 6) is 1.50. The Morgan fingerprint density at radius 1 is 1.59 bits per heavy atom. The van der Waals surface area contributed by atoms with E-state index in [1.165, 1.54) is 0 Å². The Kier molecular flexibility index (Phi) is 3.79. The Morgan fingerprint density at radius 2 is 2.35 bits per heavy atom. The third-order valence-electron chi connectivity index (χ3n) is 3.42. The van der Waals surface area contributed by atoms with E-state index in [1.807, 2.05) is 4.68 Å². The zero-order valence-corrected chi connectivity index (χ0v) is 10.8. The average molecular weight is 238 g/mol. The molecule has 2 heterocycles. The first-order valence-electron chi connectivity index (χ1n) is 6.35. The highest BCUT2D eigenvalue weighted by Gasteiger charge is 2.30. The minimum Gasteiger partial charge on any atom is -0.376 e. The molecule has 2 rings (SSSR count). The summed E-state index contributed by atoms with van der Waals surface area (Å²) in [6.45, 7) is 7.22. The molecule has 1 aromatic heterocycles. The van der Waals surface area contributed by atoms with Crippen molar-refractivity contribution in [2.24, 2.45) is 11.7 Å². The molecular weight excluding hydrogens is 216 g/mol. The quantitative estimate of drug-likeness (QED) is 0.854. The second-order valence-corrected chi connectivity index (χ2v) is 5.18. The van der Waals surface area contributed by atoms with E-state index in [4.69, 9.17) is 10.5 Å². The number of nitrogens with zero attached hydrogens (tertiary/aromatic N) is 3. The van der Waals surface area contributed by atoms with Gasteiger partial charge in [0.2, 0.25) is 0 Å². The van der Waals surface area contributed by atoms with Crippen molar-refractivity contribution in [3.05, 3.63) is 12.2 Å². The number of nitrogens with two attached hydrogens (primary N) is 1. The monoisotopic (exact) mass is 238 g/mol. The maximum absolute atomic E-state index is 6.22. The van der Waals surface area contributed by atoms with Gasteiger partial charge >= 0.3 is 0 Å². The summed E-state index contributed by atoms with van der Waals surface area (Å²) >= 11 is 0. The molecule has 3 atom stereocenters. The molecule has 96 valence electrons. The highest BCUT2D eigenvalue weighted by Crippen LogP contribution is 2.23. The van der Waals surface area contributed by atoms with Crippen LogP contribution in [0.1, 0.15) is 39.1 Å². The molecule has 5 heteroatoms. The molecule has 0 aliphatic carbocycles. The van der Waals surface area contributed by atoms with Crippen LogP contribution in [-0.2, 0) is 11.2 Å². The molecule has 17 heavy (non-hydrogen) atoms. The zero-order chi connectivity index (χ0) is 12.4. The maximum atomic E-state index is 6.22. The lowest BCUT2D eigenvalue weighted by Crippen LogP contribution is -2.40. The molecule has 1 aliphatic rings. The van der Waals surface area contributed by atoms with Crippen LogP contribution in [0, 0.1) is 5.92 Å². The van der Waals surface area contributed by atoms with Gasteiger partial charge in [0.05, 0.1) is 6.10 Å². The summed E-state index contributed by atoms with van der Waals surface area (Å²) in [6, 6.07) is 0.329. The maximum Gasteiger partial charge on any atom is 0.138 e. The van der Waals surface area contributed by atoms with Gasteiger partial charge in [0.1, 0.15) is 12.2 Å². The highest BCUT2D eigenvalue weighted by molar-refractivity contribution is 4.94. The zero-order valence-electron chi connectivity index (χ0n) is 10.8. The third-order valence-corrected chi connectivity index (χ3v) is 3.42. The molecule has 0 spiro atoms. The van der Waals surface area contributed by atoms with Crippen LogP contribution in [0.2, 0.25) is 0 Å². The molecule has 3 unspecified atom stereocenters. The first kappa shape index (κ1) is 12.5. The van der Waals surface area contributed by atoms with E-state index >= 15 is 0 Å². The molecular formula is C12H22N4O. The molecule has 5 nitrogen and oxygen atoms in total. The molecule has 0 amide bonds. The standard InChI is InChI=1S/C12H22N4O/c1-8(2)16-11(14-7-15-16)6-10(13)12-9(3)4-5-17-12/h7-10,12H,4-6,13H2,1-3H3. The van der Waals surface area contributed by atoms with Crippen LogP contribution >= 0.6 is 0 Å². The van der Waals surface area contributed by atoms with E-state index in [-0.39, 0.29) is 12.1 Å². The Hall–Kier alpha value is -0.940. The van der Waals surface area contributed by atoms with Gasteiger partial charge in [0.15, 0.2) is 0 Å². The van der Waals surface area contributed by atoms with Gasteiger partial charge in [-0.05, 0) is 26.2 Å². The Labute approximate surface area is 102 Å². The van der Waals surface area contributed by atoms with Gasteiger partial charge < -0.3 is 10.5 Å². The summed E-state index contributed by atoms with van der Waals surface area (Å²) in [5, 5.41) is 4.22. The van der Waals surface area contributed by atoms with Crippen LogP contribution in [0.3, 0.4) is 0 Å². The van der Waals surface area contributed by atoms with Crippen molar-refractivity contribution in [3.8, 4) is 0 Å². The van der Waals surface area contributed by atoms with Gasteiger partial charge in [-0.2, -0.15) is 5.10 Å². The molecule has 0 aromatic carbocycles. The predicted octanol–water partition coefficient (Wildman–Crippen LogP) is 1.15. The van der Waals surface area contributed by atoms with E-state index < -0.39 is 0 Å². The molecule has 1 fully saturated rings. The van der Waals surface area contributed by atoms with Crippen LogP contribution < -0.4 is 5.73 Å². The molecule has 0 bridgehead atoms. The van der Waals surface area contributed by atoms with Crippen LogP contribution in [0.4, 0.5) is 0 Å². The fourth-order valence-corrected chi connectivity index (χ4v) is 2.44. The lowest BCUT2D eigenvalue weighted by Gasteiger charge is -2.22. The highest BCUT2D eigenvalue weighted by atomic mass is 16.5. The fraction of sp³-hybridized carbons (Fsp3) is 0.833. The van der Waals surface area contributed by atoms with E-state index in [2.05, 4.69) is 30.9 Å². The van der Waals surface area contributed by atoms with Crippen molar-refractivity contribution in [2.45, 2.75) is 51.8 Å². The Bertz CT molecular complexity index is 363. The molecule has 0 saturated carbocycles. The topological polar surface area (TPSA) is 66.0 Å². The van der Waals surface area contributed by atoms with Crippen molar-refractivity contribution in [1.82, 2.24) is 14.8 Å². The minimum atomic E-state index is 0.00852. The van der Waals surface area contributed by atoms with E-state index in [0.29, 0.717) is 12.0 Å². The summed E-state index contributed by atoms with van der Waals surface area (Å²) in [5.41, 5.74) is 6.22. The number of aromatic nitrogens is 3. The molecule has 1 aliphatic heterocycles. The summed E-state index contributed by atoms with van der Waals surface area (Å²) in [7, 11) is 0. The van der Waals surface area contributed by atoms with Crippen molar-refractivity contribution in [3.63, 3.8) is 0 Å². The van der Waals surface area contributed by atoms with Crippen LogP contribution in [0.25, 0.3) is 0 Å². The van der Waals surface area contributed by atoms with Crippen LogP contribution in [0.15, 0.2) is 6.33 Å². The Balaban J connectivity index is 2.02. The molecule has 1 aromatic rings. The van der Waals surface area contributed by atoms with E-state index in [0.717, 1.165) is 25.3 Å². The molecule has 1 saturated heterocycles. The largest absolute Gasteiger partial charge is 0.376 e. The van der Waals surface area contributed by atoms with Crippen molar-refractivity contribution in [1.29, 1.82) is 0 Å². The van der Waals surface area contributed by atoms with Crippen molar-refractivity contribution in [2.75, 3.05) is 6.61 Å². The minimum absolute atomic E-state index is 0.00852. The van der Waals surface area contributed by atoms with Crippen molar-refractivity contribution < 1.29 is 4.74 Å². The Morgan fingerprint density at radius 3 is 2.94 bits per heavy atom. The fourth-order valence-electron chi connectivity index (χ4n) is 2.44. The van der Waals surface area contributed by atoms with Gasteiger partial charge in [-0.3, -0.25) is 0 Å². The number of rotatable bonds is 4. The number of hydrogen-bond donors (Lipinski definition) is 1. The van der Waals surface area contributed by atoms with E-state index in [9.17, 15) is 0 Å². The normalized spacial score (nSPS) is 26.6. The molecule has 0 radical (unpaired) electrons. The lowest BCUT2D eigenvalue weighted by atomic mass is 9.96. The second-order valence-electron chi connectivity index (χ2n) is 5.18. The summed E-state index contributed by atoms with van der Waals surface area (Å²) in [6.07, 6.45) is 3.59. The lowest BCUT2D eigenvalue weighted by molar-refractivity contribution is 0.0717.